The quantitative estimate of drug-likeness (QED) is 0.0915. The van der Waals surface area contributed by atoms with Gasteiger partial charge in [0.15, 0.2) is 0 Å². The summed E-state index contributed by atoms with van der Waals surface area (Å²) in [5.41, 5.74) is 6.94. The number of carbonyl (C=O) groups is 2. The highest BCUT2D eigenvalue weighted by Gasteiger charge is 2.15. The van der Waals surface area contributed by atoms with Crippen LogP contribution in [-0.4, -0.2) is 50.1 Å². The Morgan fingerprint density at radius 2 is 1.17 bits per heavy atom. The van der Waals surface area contributed by atoms with Crippen molar-refractivity contribution in [3.8, 4) is 11.5 Å². The van der Waals surface area contributed by atoms with Gasteiger partial charge in [-0.15, -0.1) is 0 Å². The van der Waals surface area contributed by atoms with Crippen molar-refractivity contribution >= 4 is 57.8 Å². The van der Waals surface area contributed by atoms with Gasteiger partial charge in [-0.2, -0.15) is 0 Å². The third kappa shape index (κ3) is 8.11. The maximum Gasteiger partial charge on any atom is 0.207 e. The lowest BCUT2D eigenvalue weighted by Crippen LogP contribution is -2.14. The fraction of sp³-hybridized carbons (Fsp3) is 0.419. The summed E-state index contributed by atoms with van der Waals surface area (Å²) in [6.07, 6.45) is 8.36. The van der Waals surface area contributed by atoms with Gasteiger partial charge in [0.05, 0.1) is 24.3 Å². The Balaban J connectivity index is 0.000000226. The summed E-state index contributed by atoms with van der Waals surface area (Å²) in [5.74, 6) is 1.35. The van der Waals surface area contributed by atoms with E-state index in [4.69, 9.17) is 32.7 Å². The van der Waals surface area contributed by atoms with Crippen molar-refractivity contribution in [2.24, 2.45) is 0 Å². The van der Waals surface area contributed by atoms with Crippen molar-refractivity contribution in [2.75, 3.05) is 27.3 Å². The number of fused-ring (bicyclic) bond motifs is 2. The number of H-pyrrole nitrogens is 2. The van der Waals surface area contributed by atoms with Gasteiger partial charge < -0.3 is 30.1 Å². The molecule has 0 spiro atoms. The molecule has 2 aromatic heterocycles. The summed E-state index contributed by atoms with van der Waals surface area (Å²) in [6, 6.07) is 7.73. The summed E-state index contributed by atoms with van der Waals surface area (Å²) in [4.78, 5) is 27.7. The lowest BCUT2D eigenvalue weighted by atomic mass is 10.0. The molecule has 0 aliphatic heterocycles. The highest BCUT2D eigenvalue weighted by atomic mass is 35.5. The summed E-state index contributed by atoms with van der Waals surface area (Å²) in [6.45, 7) is 5.57. The first kappa shape index (κ1) is 32.2. The van der Waals surface area contributed by atoms with Gasteiger partial charge in [-0.1, -0.05) is 49.9 Å². The molecule has 0 aliphatic carbocycles. The normalized spacial score (nSPS) is 10.8. The molecule has 41 heavy (non-hydrogen) atoms. The van der Waals surface area contributed by atoms with Crippen LogP contribution in [0.5, 0.6) is 11.5 Å². The molecule has 8 nitrogen and oxygen atoms in total. The number of ether oxygens (including phenoxy) is 2. The third-order valence-corrected chi connectivity index (χ3v) is 7.61. The highest BCUT2D eigenvalue weighted by Crippen LogP contribution is 2.34. The minimum absolute atomic E-state index is 0.599. The molecule has 222 valence electrons. The first-order valence-corrected chi connectivity index (χ1v) is 14.8. The topological polar surface area (TPSA) is 108 Å². The Labute approximate surface area is 251 Å². The third-order valence-electron chi connectivity index (χ3n) is 7.02. The van der Waals surface area contributed by atoms with Gasteiger partial charge in [0.1, 0.15) is 11.5 Å². The lowest BCUT2D eigenvalue weighted by Gasteiger charge is -2.06. The lowest BCUT2D eigenvalue weighted by molar-refractivity contribution is -0.110. The van der Waals surface area contributed by atoms with Gasteiger partial charge in [0, 0.05) is 46.3 Å². The molecule has 4 rings (SSSR count). The molecule has 10 heteroatoms. The largest absolute Gasteiger partial charge is 0.495 e. The van der Waals surface area contributed by atoms with Crippen LogP contribution < -0.4 is 20.1 Å². The number of aryl methyl sites for hydroxylation is 2. The van der Waals surface area contributed by atoms with Gasteiger partial charge in [-0.05, 0) is 67.5 Å². The molecule has 0 saturated heterocycles. The molecule has 2 heterocycles. The van der Waals surface area contributed by atoms with Crippen LogP contribution in [0.2, 0.25) is 10.0 Å². The molecular weight excluding hydrogens is 563 g/mol. The Hall–Kier alpha value is -3.36. The number of benzene rings is 2. The summed E-state index contributed by atoms with van der Waals surface area (Å²) < 4.78 is 10.6. The molecule has 0 atom stereocenters. The molecule has 0 fully saturated rings. The van der Waals surface area contributed by atoms with Crippen LogP contribution in [0.1, 0.15) is 55.6 Å². The number of unbranched alkanes of at least 4 members (excludes halogenated alkanes) is 1. The second kappa shape index (κ2) is 16.2. The first-order chi connectivity index (χ1) is 19.9. The molecule has 2 aromatic carbocycles. The van der Waals surface area contributed by atoms with Crippen molar-refractivity contribution in [1.82, 2.24) is 20.6 Å². The Kier molecular flexibility index (Phi) is 12.7. The van der Waals surface area contributed by atoms with Gasteiger partial charge in [0.25, 0.3) is 0 Å². The van der Waals surface area contributed by atoms with E-state index >= 15 is 0 Å². The van der Waals surface area contributed by atoms with E-state index in [1.807, 2.05) is 24.3 Å². The van der Waals surface area contributed by atoms with Crippen molar-refractivity contribution in [3.05, 3.63) is 56.8 Å². The smallest absolute Gasteiger partial charge is 0.207 e. The number of halogens is 2. The Morgan fingerprint density at radius 1 is 0.707 bits per heavy atom. The second-order valence-corrected chi connectivity index (χ2v) is 10.5. The van der Waals surface area contributed by atoms with Gasteiger partial charge >= 0.3 is 0 Å². The van der Waals surface area contributed by atoms with Crippen LogP contribution in [0.3, 0.4) is 0 Å². The zero-order chi connectivity index (χ0) is 29.8. The number of nitrogens with one attached hydrogen (secondary N) is 4. The van der Waals surface area contributed by atoms with Crippen molar-refractivity contribution in [2.45, 2.75) is 58.8 Å². The molecule has 0 aliphatic rings. The van der Waals surface area contributed by atoms with Crippen LogP contribution in [0, 0.1) is 0 Å². The maximum atomic E-state index is 10.4. The molecule has 0 bridgehead atoms. The van der Waals surface area contributed by atoms with Crippen LogP contribution in [0.4, 0.5) is 0 Å². The average molecular weight is 604 g/mol. The summed E-state index contributed by atoms with van der Waals surface area (Å²) >= 11 is 12.4. The van der Waals surface area contributed by atoms with E-state index in [0.717, 1.165) is 79.6 Å². The van der Waals surface area contributed by atoms with E-state index in [0.29, 0.717) is 34.6 Å². The zero-order valence-corrected chi connectivity index (χ0v) is 25.7. The molecule has 2 amide bonds. The molecule has 0 unspecified atom stereocenters. The van der Waals surface area contributed by atoms with E-state index in [9.17, 15) is 9.59 Å². The van der Waals surface area contributed by atoms with Crippen LogP contribution in [-0.2, 0) is 35.3 Å². The predicted molar refractivity (Wildman–Crippen MR) is 168 cm³/mol. The zero-order valence-electron chi connectivity index (χ0n) is 24.2. The number of aromatic amines is 2. The number of methoxy groups -OCH3 is 2. The highest BCUT2D eigenvalue weighted by molar-refractivity contribution is 6.33. The Bertz CT molecular complexity index is 1450. The number of carbonyl (C=O) groups excluding carboxylic acids is 2. The SMILES string of the molecule is CCCCc1[nH]c2cc(Cl)c(OC)cc2c1CCNC=O.CCCc1[nH]c2cc(Cl)c(OC)cc2c1CCNC=O. The van der Waals surface area contributed by atoms with E-state index < -0.39 is 0 Å². The number of rotatable bonds is 15. The fourth-order valence-corrected chi connectivity index (χ4v) is 5.52. The average Bonchev–Trinajstić information content (AvgIpc) is 3.47. The standard InChI is InChI=1S/C16H21ClN2O2.C15H19ClN2O2/c1-3-4-5-14-11(6-7-18-10-20)12-8-16(21-2)13(17)9-15(12)19-14;1-3-4-13-10(5-6-17-9-19)11-7-15(20-2)12(16)8-14(11)18-13/h8-10,19H,3-7H2,1-2H3,(H,18,20);7-9,18H,3-6H2,1-2H3,(H,17,19). The second-order valence-electron chi connectivity index (χ2n) is 9.73. The molecule has 0 saturated carbocycles. The number of amides is 2. The fourth-order valence-electron chi connectivity index (χ4n) is 5.04. The van der Waals surface area contributed by atoms with Crippen LogP contribution >= 0.6 is 23.2 Å². The van der Waals surface area contributed by atoms with E-state index in [1.165, 1.54) is 22.5 Å². The number of aromatic nitrogens is 2. The number of hydrogen-bond donors (Lipinski definition) is 4. The van der Waals surface area contributed by atoms with Crippen molar-refractivity contribution in [1.29, 1.82) is 0 Å². The van der Waals surface area contributed by atoms with E-state index in [-0.39, 0.29) is 0 Å². The predicted octanol–water partition coefficient (Wildman–Crippen LogP) is 6.53. The van der Waals surface area contributed by atoms with Gasteiger partial charge in [-0.3, -0.25) is 9.59 Å². The molecule has 4 N–H and O–H groups in total. The minimum atomic E-state index is 0.599. The van der Waals surface area contributed by atoms with Crippen molar-refractivity contribution in [3.63, 3.8) is 0 Å². The maximum absolute atomic E-state index is 10.4. The molecular formula is C31H40Cl2N4O4. The summed E-state index contributed by atoms with van der Waals surface area (Å²) in [5, 5.41) is 8.87. The van der Waals surface area contributed by atoms with Crippen LogP contribution in [0.15, 0.2) is 24.3 Å². The van der Waals surface area contributed by atoms with Crippen LogP contribution in [0.25, 0.3) is 21.8 Å². The molecule has 0 radical (unpaired) electrons. The van der Waals surface area contributed by atoms with E-state index in [2.05, 4.69) is 34.4 Å². The monoisotopic (exact) mass is 602 g/mol. The first-order valence-electron chi connectivity index (χ1n) is 14.0. The van der Waals surface area contributed by atoms with Gasteiger partial charge in [-0.25, -0.2) is 0 Å². The minimum Gasteiger partial charge on any atom is -0.495 e. The summed E-state index contributed by atoms with van der Waals surface area (Å²) in [7, 11) is 3.23. The Morgan fingerprint density at radius 3 is 1.56 bits per heavy atom. The molecule has 4 aromatic rings. The van der Waals surface area contributed by atoms with Gasteiger partial charge in [0.2, 0.25) is 12.8 Å². The van der Waals surface area contributed by atoms with E-state index in [1.54, 1.807) is 14.2 Å². The van der Waals surface area contributed by atoms with Crippen molar-refractivity contribution < 1.29 is 19.1 Å². The number of hydrogen-bond acceptors (Lipinski definition) is 4.